The van der Waals surface area contributed by atoms with Gasteiger partial charge in [-0.2, -0.15) is 0 Å². The SMILES string of the molecule is COc1ccc(C=Nc2ccc(OC[C@@H](O)C[NH+]3[C@H](C)CCC[C@H]3C)cc2)cc1OC. The van der Waals surface area contributed by atoms with Crippen LogP contribution in [-0.4, -0.2) is 56.9 Å². The van der Waals surface area contributed by atoms with E-state index in [1.165, 1.54) is 24.2 Å². The van der Waals surface area contributed by atoms with Gasteiger partial charge in [-0.15, -0.1) is 0 Å². The van der Waals surface area contributed by atoms with Gasteiger partial charge < -0.3 is 24.2 Å². The molecule has 1 aliphatic heterocycles. The van der Waals surface area contributed by atoms with Crippen molar-refractivity contribution in [3.8, 4) is 17.2 Å². The summed E-state index contributed by atoms with van der Waals surface area (Å²) in [5.74, 6) is 2.09. The number of nitrogens with one attached hydrogen (secondary N) is 1. The van der Waals surface area contributed by atoms with Gasteiger partial charge in [-0.25, -0.2) is 0 Å². The van der Waals surface area contributed by atoms with Crippen molar-refractivity contribution in [2.75, 3.05) is 27.4 Å². The number of methoxy groups -OCH3 is 2. The Morgan fingerprint density at radius 2 is 1.71 bits per heavy atom. The Labute approximate surface area is 185 Å². The van der Waals surface area contributed by atoms with Crippen LogP contribution in [0.1, 0.15) is 38.7 Å². The Hall–Kier alpha value is -2.57. The quantitative estimate of drug-likeness (QED) is 0.604. The molecule has 0 saturated carbocycles. The van der Waals surface area contributed by atoms with Gasteiger partial charge in [0.25, 0.3) is 0 Å². The van der Waals surface area contributed by atoms with E-state index < -0.39 is 6.10 Å². The molecule has 2 aromatic carbocycles. The molecule has 1 fully saturated rings. The van der Waals surface area contributed by atoms with Crippen LogP contribution in [0.3, 0.4) is 0 Å². The van der Waals surface area contributed by atoms with Crippen molar-refractivity contribution < 1.29 is 24.2 Å². The smallest absolute Gasteiger partial charge is 0.161 e. The highest BCUT2D eigenvalue weighted by molar-refractivity contribution is 5.83. The Kier molecular flexibility index (Phi) is 8.32. The molecule has 0 aromatic heterocycles. The topological polar surface area (TPSA) is 64.7 Å². The van der Waals surface area contributed by atoms with E-state index in [9.17, 15) is 5.11 Å². The third kappa shape index (κ3) is 6.45. The zero-order valence-electron chi connectivity index (χ0n) is 19.0. The highest BCUT2D eigenvalue weighted by atomic mass is 16.5. The second-order valence-corrected chi connectivity index (χ2v) is 8.34. The average Bonchev–Trinajstić information content (AvgIpc) is 2.79. The monoisotopic (exact) mass is 427 g/mol. The number of aliphatic hydroxyl groups excluding tert-OH is 1. The summed E-state index contributed by atoms with van der Waals surface area (Å²) in [5, 5.41) is 10.5. The van der Waals surface area contributed by atoms with E-state index in [2.05, 4.69) is 18.8 Å². The molecule has 0 bridgehead atoms. The van der Waals surface area contributed by atoms with Gasteiger partial charge in [0, 0.05) is 6.21 Å². The molecule has 3 atom stereocenters. The zero-order chi connectivity index (χ0) is 22.2. The average molecular weight is 428 g/mol. The first-order valence-electron chi connectivity index (χ1n) is 11.0. The molecule has 3 rings (SSSR count). The molecule has 168 valence electrons. The van der Waals surface area contributed by atoms with Gasteiger partial charge in [0.2, 0.25) is 0 Å². The van der Waals surface area contributed by atoms with Gasteiger partial charge in [-0.3, -0.25) is 4.99 Å². The highest BCUT2D eigenvalue weighted by Crippen LogP contribution is 2.27. The first-order valence-corrected chi connectivity index (χ1v) is 11.0. The van der Waals surface area contributed by atoms with E-state index in [1.54, 1.807) is 20.4 Å². The summed E-state index contributed by atoms with van der Waals surface area (Å²) in [6, 6.07) is 14.4. The molecule has 1 heterocycles. The van der Waals surface area contributed by atoms with Crippen LogP contribution >= 0.6 is 0 Å². The van der Waals surface area contributed by atoms with Gasteiger partial charge in [0.1, 0.15) is 25.0 Å². The minimum absolute atomic E-state index is 0.303. The molecular formula is C25H35N2O4+. The number of hydrogen-bond acceptors (Lipinski definition) is 5. The summed E-state index contributed by atoms with van der Waals surface area (Å²) in [5.41, 5.74) is 1.74. The number of aliphatic hydroxyl groups is 1. The lowest BCUT2D eigenvalue weighted by Gasteiger charge is -2.36. The van der Waals surface area contributed by atoms with Gasteiger partial charge in [-0.05, 0) is 81.1 Å². The van der Waals surface area contributed by atoms with E-state index in [0.717, 1.165) is 23.5 Å². The fourth-order valence-electron chi connectivity index (χ4n) is 4.22. The van der Waals surface area contributed by atoms with E-state index >= 15 is 0 Å². The number of quaternary nitrogens is 1. The summed E-state index contributed by atoms with van der Waals surface area (Å²) >= 11 is 0. The Morgan fingerprint density at radius 1 is 1.03 bits per heavy atom. The molecule has 0 spiro atoms. The first kappa shape index (κ1) is 23.1. The lowest BCUT2D eigenvalue weighted by Crippen LogP contribution is -3.20. The second-order valence-electron chi connectivity index (χ2n) is 8.34. The predicted molar refractivity (Wildman–Crippen MR) is 123 cm³/mol. The Morgan fingerprint density at radius 3 is 2.35 bits per heavy atom. The fourth-order valence-corrected chi connectivity index (χ4v) is 4.22. The molecule has 2 aromatic rings. The van der Waals surface area contributed by atoms with Crippen LogP contribution < -0.4 is 19.1 Å². The molecule has 0 amide bonds. The van der Waals surface area contributed by atoms with Gasteiger partial charge in [0.05, 0.1) is 32.0 Å². The molecule has 2 N–H and O–H groups in total. The summed E-state index contributed by atoms with van der Waals surface area (Å²) in [7, 11) is 3.23. The standard InChI is InChI=1S/C25H34N2O4/c1-18-6-5-7-19(2)27(18)16-22(28)17-31-23-11-9-21(10-12-23)26-15-20-8-13-24(29-3)25(14-20)30-4/h8-15,18-19,22,28H,5-7,16-17H2,1-4H3/p+1/t18-,19-,22+/m1/s1. The van der Waals surface area contributed by atoms with Crippen LogP contribution in [0.2, 0.25) is 0 Å². The number of rotatable bonds is 9. The van der Waals surface area contributed by atoms with Crippen LogP contribution in [-0.2, 0) is 0 Å². The highest BCUT2D eigenvalue weighted by Gasteiger charge is 2.30. The molecule has 0 unspecified atom stereocenters. The first-order chi connectivity index (χ1) is 15.0. The van der Waals surface area contributed by atoms with E-state index in [0.29, 0.717) is 30.2 Å². The summed E-state index contributed by atoms with van der Waals surface area (Å²) in [6.45, 7) is 5.59. The van der Waals surface area contributed by atoms with Crippen molar-refractivity contribution in [1.29, 1.82) is 0 Å². The summed E-state index contributed by atoms with van der Waals surface area (Å²) in [6.07, 6.45) is 5.07. The lowest BCUT2D eigenvalue weighted by molar-refractivity contribution is -0.954. The number of ether oxygens (including phenoxy) is 3. The third-order valence-corrected chi connectivity index (χ3v) is 6.06. The number of likely N-dealkylation sites (tertiary alicyclic amines) is 1. The van der Waals surface area contributed by atoms with Crippen molar-refractivity contribution in [2.45, 2.75) is 51.3 Å². The van der Waals surface area contributed by atoms with Gasteiger partial charge in [-0.1, -0.05) is 0 Å². The van der Waals surface area contributed by atoms with Crippen molar-refractivity contribution in [3.05, 3.63) is 48.0 Å². The molecule has 1 aliphatic rings. The predicted octanol–water partition coefficient (Wildman–Crippen LogP) is 3.04. The summed E-state index contributed by atoms with van der Waals surface area (Å²) < 4.78 is 16.4. The number of piperidine rings is 1. The molecule has 6 heteroatoms. The Bertz CT molecular complexity index is 843. The fraction of sp³-hybridized carbons (Fsp3) is 0.480. The maximum Gasteiger partial charge on any atom is 0.161 e. The minimum Gasteiger partial charge on any atom is -0.493 e. The Balaban J connectivity index is 1.51. The molecule has 0 radical (unpaired) electrons. The molecule has 31 heavy (non-hydrogen) atoms. The lowest BCUT2D eigenvalue weighted by atomic mass is 9.97. The number of nitrogens with zero attached hydrogens (tertiary/aromatic N) is 1. The second kappa shape index (κ2) is 11.2. The van der Waals surface area contributed by atoms with Crippen molar-refractivity contribution >= 4 is 11.9 Å². The van der Waals surface area contributed by atoms with Gasteiger partial charge in [0.15, 0.2) is 11.5 Å². The molecule has 6 nitrogen and oxygen atoms in total. The largest absolute Gasteiger partial charge is 0.493 e. The van der Waals surface area contributed by atoms with Crippen LogP contribution in [0.5, 0.6) is 17.2 Å². The number of aliphatic imine (C=N–C) groups is 1. The van der Waals surface area contributed by atoms with E-state index in [-0.39, 0.29) is 0 Å². The maximum atomic E-state index is 10.5. The minimum atomic E-state index is -0.472. The zero-order valence-corrected chi connectivity index (χ0v) is 19.0. The van der Waals surface area contributed by atoms with Crippen molar-refractivity contribution in [3.63, 3.8) is 0 Å². The van der Waals surface area contributed by atoms with Crippen molar-refractivity contribution in [2.24, 2.45) is 4.99 Å². The number of benzene rings is 2. The van der Waals surface area contributed by atoms with Crippen LogP contribution in [0.4, 0.5) is 5.69 Å². The molecular weight excluding hydrogens is 392 g/mol. The van der Waals surface area contributed by atoms with Crippen LogP contribution in [0.25, 0.3) is 0 Å². The number of hydrogen-bond donors (Lipinski definition) is 2. The van der Waals surface area contributed by atoms with Crippen LogP contribution in [0.15, 0.2) is 47.5 Å². The normalized spacial score (nSPS) is 20.5. The van der Waals surface area contributed by atoms with E-state index in [1.807, 2.05) is 42.5 Å². The van der Waals surface area contributed by atoms with Crippen molar-refractivity contribution in [1.82, 2.24) is 0 Å². The summed E-state index contributed by atoms with van der Waals surface area (Å²) in [4.78, 5) is 6.00. The molecule has 0 aliphatic carbocycles. The molecule has 1 saturated heterocycles. The maximum absolute atomic E-state index is 10.5. The third-order valence-electron chi connectivity index (χ3n) is 6.06. The van der Waals surface area contributed by atoms with Crippen LogP contribution in [0, 0.1) is 0 Å². The van der Waals surface area contributed by atoms with Gasteiger partial charge >= 0.3 is 0 Å². The van der Waals surface area contributed by atoms with E-state index in [4.69, 9.17) is 14.2 Å².